The highest BCUT2D eigenvalue weighted by molar-refractivity contribution is 8.17. The highest BCUT2D eigenvalue weighted by Gasteiger charge is 2.10. The van der Waals surface area contributed by atoms with Crippen LogP contribution in [0.3, 0.4) is 0 Å². The number of rotatable bonds is 5. The third kappa shape index (κ3) is 7.06. The highest BCUT2D eigenvalue weighted by Crippen LogP contribution is 2.16. The van der Waals surface area contributed by atoms with E-state index in [4.69, 9.17) is 10.2 Å². The maximum atomic E-state index is 10.7. The van der Waals surface area contributed by atoms with Crippen LogP contribution in [0, 0.1) is 0 Å². The van der Waals surface area contributed by atoms with Crippen molar-refractivity contribution in [2.75, 3.05) is 19.0 Å². The summed E-state index contributed by atoms with van der Waals surface area (Å²) in [5.41, 5.74) is 0. The van der Waals surface area contributed by atoms with E-state index in [1.54, 1.807) is 6.92 Å². The summed E-state index contributed by atoms with van der Waals surface area (Å²) >= 11 is 2.00. The van der Waals surface area contributed by atoms with E-state index in [2.05, 4.69) is 0 Å². The van der Waals surface area contributed by atoms with Gasteiger partial charge in [-0.2, -0.15) is 0 Å². The number of hydrogen-bond acceptors (Lipinski definition) is 6. The number of aliphatic hydroxyl groups excluding tert-OH is 2. The minimum Gasteiger partial charge on any atom is -0.388 e. The smallest absolute Gasteiger partial charge is 0.214 e. The van der Waals surface area contributed by atoms with E-state index in [0.29, 0.717) is 5.75 Å². The molecule has 0 spiro atoms. The van der Waals surface area contributed by atoms with Gasteiger partial charge >= 0.3 is 0 Å². The average Bonchev–Trinajstić information content (AvgIpc) is 2.13. The van der Waals surface area contributed by atoms with Gasteiger partial charge in [0.25, 0.3) is 0 Å². The van der Waals surface area contributed by atoms with Crippen LogP contribution in [-0.2, 0) is 9.59 Å². The summed E-state index contributed by atoms with van der Waals surface area (Å²) in [4.78, 5) is 21.3. The zero-order valence-corrected chi connectivity index (χ0v) is 8.86. The molecule has 0 radical (unpaired) electrons. The Hall–Kier alpha value is -0.0400. The first-order chi connectivity index (χ1) is 6.10. The molecule has 0 saturated heterocycles. The topological polar surface area (TPSA) is 74.6 Å². The lowest BCUT2D eigenvalue weighted by Crippen LogP contribution is -2.10. The van der Waals surface area contributed by atoms with Gasteiger partial charge in [-0.15, -0.1) is 0 Å². The molecular weight excluding hydrogens is 212 g/mol. The van der Waals surface area contributed by atoms with Crippen LogP contribution in [0.15, 0.2) is 0 Å². The zero-order valence-electron chi connectivity index (χ0n) is 7.23. The lowest BCUT2D eigenvalue weighted by molar-refractivity contribution is -0.114. The van der Waals surface area contributed by atoms with Crippen LogP contribution in [0.4, 0.5) is 0 Å². The second kappa shape index (κ2) is 7.37. The number of carbonyl (C=O) groups is 2. The highest BCUT2D eigenvalue weighted by atomic mass is 32.2. The maximum absolute atomic E-state index is 10.7. The van der Waals surface area contributed by atoms with Gasteiger partial charge in [-0.25, -0.2) is 0 Å². The second-order valence-electron chi connectivity index (χ2n) is 2.30. The minimum absolute atomic E-state index is 0.0276. The lowest BCUT2D eigenvalue weighted by Gasteiger charge is -2.06. The van der Waals surface area contributed by atoms with Crippen LogP contribution in [0.25, 0.3) is 0 Å². The predicted molar refractivity (Wildman–Crippen MR) is 53.7 cm³/mol. The quantitative estimate of drug-likeness (QED) is 0.678. The lowest BCUT2D eigenvalue weighted by atomic mass is 10.6. The summed E-state index contributed by atoms with van der Waals surface area (Å²) in [5.74, 6) is 0.468. The Bertz CT molecular complexity index is 183. The number of thioether (sulfide) groups is 2. The molecule has 4 nitrogen and oxygen atoms in total. The minimum atomic E-state index is -0.479. The molecule has 13 heavy (non-hydrogen) atoms. The van der Waals surface area contributed by atoms with Crippen LogP contribution in [0.5, 0.6) is 0 Å². The molecule has 1 atom stereocenters. The predicted octanol–water partition coefficient (Wildman–Crippen LogP) is -0.121. The Morgan fingerprint density at radius 1 is 1.23 bits per heavy atom. The van der Waals surface area contributed by atoms with Gasteiger partial charge in [0.05, 0.1) is 0 Å². The molecule has 0 heterocycles. The molecule has 0 fully saturated rings. The molecule has 0 bridgehead atoms. The summed E-state index contributed by atoms with van der Waals surface area (Å²) in [7, 11) is 0. The first kappa shape index (κ1) is 13.0. The maximum Gasteiger partial charge on any atom is 0.214 e. The first-order valence-electron chi connectivity index (χ1n) is 3.67. The van der Waals surface area contributed by atoms with Crippen LogP contribution in [0.1, 0.15) is 6.92 Å². The van der Waals surface area contributed by atoms with Crippen molar-refractivity contribution in [2.24, 2.45) is 0 Å². The molecular formula is C7H12O4S2. The zero-order chi connectivity index (χ0) is 10.3. The van der Waals surface area contributed by atoms with E-state index in [1.165, 1.54) is 0 Å². The van der Waals surface area contributed by atoms with Crippen molar-refractivity contribution in [1.29, 1.82) is 0 Å². The average molecular weight is 224 g/mol. The summed E-state index contributed by atoms with van der Waals surface area (Å²) in [5, 5.41) is 16.2. The van der Waals surface area contributed by atoms with Crippen LogP contribution in [-0.4, -0.2) is 44.7 Å². The van der Waals surface area contributed by atoms with Crippen LogP contribution < -0.4 is 0 Å². The van der Waals surface area contributed by atoms with Crippen molar-refractivity contribution >= 4 is 33.8 Å². The van der Waals surface area contributed by atoms with Crippen molar-refractivity contribution in [3.05, 3.63) is 0 Å². The van der Waals surface area contributed by atoms with Gasteiger partial charge in [0.15, 0.2) is 0 Å². The van der Waals surface area contributed by atoms with Gasteiger partial charge in [0, 0.05) is 11.0 Å². The molecule has 6 heteroatoms. The Morgan fingerprint density at radius 3 is 2.23 bits per heavy atom. The van der Waals surface area contributed by atoms with E-state index < -0.39 is 13.2 Å². The van der Waals surface area contributed by atoms with Gasteiger partial charge in [0.2, 0.25) is 10.2 Å². The first-order valence-corrected chi connectivity index (χ1v) is 5.53. The number of aliphatic hydroxyl groups is 2. The monoisotopic (exact) mass is 224 g/mol. The summed E-state index contributed by atoms with van der Waals surface area (Å²) in [6.07, 6.45) is 0. The molecule has 0 amide bonds. The summed E-state index contributed by atoms with van der Waals surface area (Å²) < 4.78 is 0. The second-order valence-corrected chi connectivity index (χ2v) is 4.87. The van der Waals surface area contributed by atoms with E-state index >= 15 is 0 Å². The van der Waals surface area contributed by atoms with E-state index in [-0.39, 0.29) is 15.5 Å². The van der Waals surface area contributed by atoms with Crippen molar-refractivity contribution in [1.82, 2.24) is 0 Å². The summed E-state index contributed by atoms with van der Waals surface area (Å²) in [6, 6.07) is 0. The van der Waals surface area contributed by atoms with Gasteiger partial charge in [-0.05, 0) is 0 Å². The van der Waals surface area contributed by atoms with Gasteiger partial charge in [-0.3, -0.25) is 9.59 Å². The molecule has 0 saturated carbocycles. The molecule has 0 aromatic heterocycles. The van der Waals surface area contributed by atoms with Crippen molar-refractivity contribution in [3.8, 4) is 0 Å². The third-order valence-corrected chi connectivity index (χ3v) is 3.36. The normalized spacial score (nSPS) is 12.5. The Labute approximate surface area is 85.1 Å². The van der Waals surface area contributed by atoms with Crippen molar-refractivity contribution in [3.63, 3.8) is 0 Å². The van der Waals surface area contributed by atoms with E-state index in [0.717, 1.165) is 23.5 Å². The molecule has 76 valence electrons. The molecule has 0 aromatic carbocycles. The SMILES string of the molecule is CC(CSC(=O)CO)SC(=O)CO. The van der Waals surface area contributed by atoms with Gasteiger partial charge in [-0.1, -0.05) is 30.4 Å². The molecule has 0 aromatic rings. The van der Waals surface area contributed by atoms with Crippen LogP contribution >= 0.6 is 23.5 Å². The number of carbonyl (C=O) groups excluding carboxylic acids is 2. The van der Waals surface area contributed by atoms with Crippen LogP contribution in [0.2, 0.25) is 0 Å². The molecule has 0 aliphatic rings. The largest absolute Gasteiger partial charge is 0.388 e. The molecule has 0 aliphatic heterocycles. The van der Waals surface area contributed by atoms with Crippen molar-refractivity contribution in [2.45, 2.75) is 12.2 Å². The van der Waals surface area contributed by atoms with Gasteiger partial charge in [0.1, 0.15) is 13.2 Å². The Morgan fingerprint density at radius 2 is 1.77 bits per heavy atom. The third-order valence-electron chi connectivity index (χ3n) is 1.07. The van der Waals surface area contributed by atoms with Gasteiger partial charge < -0.3 is 10.2 Å². The molecule has 0 rings (SSSR count). The fourth-order valence-electron chi connectivity index (χ4n) is 0.552. The van der Waals surface area contributed by atoms with E-state index in [9.17, 15) is 9.59 Å². The Kier molecular flexibility index (Phi) is 7.35. The fourth-order valence-corrected chi connectivity index (χ4v) is 2.06. The van der Waals surface area contributed by atoms with E-state index in [1.807, 2.05) is 0 Å². The number of hydrogen-bond donors (Lipinski definition) is 2. The fraction of sp³-hybridized carbons (Fsp3) is 0.714. The Balaban J connectivity index is 3.56. The summed E-state index contributed by atoms with van der Waals surface area (Å²) in [6.45, 7) is 0.833. The standard InChI is InChI=1S/C7H12O4S2/c1-5(13-7(11)3-9)4-12-6(10)2-8/h5,8-9H,2-4H2,1H3. The van der Waals surface area contributed by atoms with Crippen molar-refractivity contribution < 1.29 is 19.8 Å². The molecule has 0 aliphatic carbocycles. The molecule has 1 unspecified atom stereocenters. The molecule has 2 N–H and O–H groups in total.